The molecule has 51 heavy (non-hydrogen) atoms. The molecule has 0 aliphatic heterocycles. The van der Waals surface area contributed by atoms with E-state index in [9.17, 15) is 0 Å². The lowest BCUT2D eigenvalue weighted by molar-refractivity contribution is 0.350. The Balaban J connectivity index is 1.31. The third kappa shape index (κ3) is 7.35. The summed E-state index contributed by atoms with van der Waals surface area (Å²) in [6.07, 6.45) is 5.19. The highest BCUT2D eigenvalue weighted by atomic mass is 15.1. The molecular formula is C48H52N3+. The minimum Gasteiger partial charge on any atom is -0.381 e. The van der Waals surface area contributed by atoms with E-state index in [0.717, 1.165) is 13.1 Å². The summed E-state index contributed by atoms with van der Waals surface area (Å²) in [6.45, 7) is 13.0. The molecule has 3 nitrogen and oxygen atoms in total. The summed E-state index contributed by atoms with van der Waals surface area (Å²) < 4.78 is 0. The molecule has 258 valence electrons. The predicted molar refractivity (Wildman–Crippen MR) is 220 cm³/mol. The van der Waals surface area contributed by atoms with Crippen LogP contribution in [0.3, 0.4) is 0 Å². The van der Waals surface area contributed by atoms with Gasteiger partial charge in [0.25, 0.3) is 0 Å². The molecule has 0 amide bonds. The van der Waals surface area contributed by atoms with Crippen LogP contribution in [-0.4, -0.2) is 19.1 Å². The van der Waals surface area contributed by atoms with Gasteiger partial charge in [-0.2, -0.15) is 0 Å². The minimum absolute atomic E-state index is 0.515. The molecule has 0 spiro atoms. The van der Waals surface area contributed by atoms with Crippen LogP contribution in [0.1, 0.15) is 74.3 Å². The summed E-state index contributed by atoms with van der Waals surface area (Å²) >= 11 is 0. The van der Waals surface area contributed by atoms with Gasteiger partial charge in [0.2, 0.25) is 0 Å². The Kier molecular flexibility index (Phi) is 10.4. The van der Waals surface area contributed by atoms with Gasteiger partial charge < -0.3 is 15.1 Å². The lowest BCUT2D eigenvalue weighted by Crippen LogP contribution is -2.30. The van der Waals surface area contributed by atoms with Gasteiger partial charge in [0.05, 0.1) is 39.7 Å². The van der Waals surface area contributed by atoms with Crippen molar-refractivity contribution in [2.24, 2.45) is 5.92 Å². The first-order valence-electron chi connectivity index (χ1n) is 19.0. The molecule has 2 atom stereocenters. The Labute approximate surface area is 306 Å². The normalized spacial score (nSPS) is 15.8. The molecule has 0 heterocycles. The maximum absolute atomic E-state index is 3.99. The number of hydrogen-bond donors (Lipinski definition) is 1. The van der Waals surface area contributed by atoms with Crippen molar-refractivity contribution in [3.63, 3.8) is 0 Å². The van der Waals surface area contributed by atoms with E-state index in [1.807, 2.05) is 0 Å². The van der Waals surface area contributed by atoms with Crippen LogP contribution in [0.4, 0.5) is 28.4 Å². The van der Waals surface area contributed by atoms with E-state index in [1.165, 1.54) is 98.6 Å². The molecule has 1 fully saturated rings. The summed E-state index contributed by atoms with van der Waals surface area (Å²) in [5, 5.41) is 6.55. The summed E-state index contributed by atoms with van der Waals surface area (Å²) in [5.74, 6) is 1.93. The maximum Gasteiger partial charge on any atom is 0.0638 e. The van der Waals surface area contributed by atoms with E-state index >= 15 is 0 Å². The molecular weight excluding hydrogens is 619 g/mol. The molecule has 0 bridgehead atoms. The number of anilines is 5. The zero-order valence-corrected chi connectivity index (χ0v) is 31.0. The second-order valence-electron chi connectivity index (χ2n) is 14.4. The van der Waals surface area contributed by atoms with Gasteiger partial charge in [0.15, 0.2) is 0 Å². The minimum atomic E-state index is 0.515. The van der Waals surface area contributed by atoms with Crippen molar-refractivity contribution in [2.45, 2.75) is 66.3 Å². The highest BCUT2D eigenvalue weighted by Crippen LogP contribution is 2.40. The van der Waals surface area contributed by atoms with Crippen molar-refractivity contribution in [2.75, 3.05) is 28.2 Å². The molecule has 1 aliphatic carbocycles. The van der Waals surface area contributed by atoms with E-state index < -0.39 is 0 Å². The van der Waals surface area contributed by atoms with E-state index in [1.54, 1.807) is 0 Å². The zero-order valence-electron chi connectivity index (χ0n) is 31.0. The number of rotatable bonds is 11. The first-order chi connectivity index (χ1) is 24.9. The fourth-order valence-electron chi connectivity index (χ4n) is 8.09. The summed E-state index contributed by atoms with van der Waals surface area (Å²) in [5.41, 5.74) is 12.3. The highest BCUT2D eigenvalue weighted by molar-refractivity contribution is 5.98. The quantitative estimate of drug-likeness (QED) is 0.109. The Morgan fingerprint density at radius 2 is 1.10 bits per heavy atom. The SMILES string of the molecule is CCN(c1ccc([C+](c2ccc(N(CC)c3cccc(C)c3)cc2)c2ccc(NC3CCCCC3C)c3ccccc23)cc1)c1cccc(C)c1. The largest absolute Gasteiger partial charge is 0.381 e. The van der Waals surface area contributed by atoms with Gasteiger partial charge in [-0.05, 0) is 155 Å². The molecule has 7 rings (SSSR count). The number of hydrogen-bond acceptors (Lipinski definition) is 3. The molecule has 1 N–H and O–H groups in total. The second kappa shape index (κ2) is 15.4. The highest BCUT2D eigenvalue weighted by Gasteiger charge is 2.28. The Morgan fingerprint density at radius 1 is 0.569 bits per heavy atom. The van der Waals surface area contributed by atoms with Crippen LogP contribution in [-0.2, 0) is 0 Å². The van der Waals surface area contributed by atoms with Crippen LogP contribution < -0.4 is 15.1 Å². The summed E-state index contributed by atoms with van der Waals surface area (Å²) in [7, 11) is 0. The van der Waals surface area contributed by atoms with Crippen LogP contribution in [0.25, 0.3) is 10.8 Å². The third-order valence-electron chi connectivity index (χ3n) is 10.8. The molecule has 0 saturated heterocycles. The molecule has 2 unspecified atom stereocenters. The molecule has 0 aromatic heterocycles. The number of nitrogens with one attached hydrogen (secondary N) is 1. The summed E-state index contributed by atoms with van der Waals surface area (Å²) in [6, 6.07) is 50.1. The van der Waals surface area contributed by atoms with E-state index in [4.69, 9.17) is 0 Å². The fourth-order valence-corrected chi connectivity index (χ4v) is 8.09. The van der Waals surface area contributed by atoms with Crippen LogP contribution in [0.2, 0.25) is 0 Å². The van der Waals surface area contributed by atoms with E-state index in [0.29, 0.717) is 12.0 Å². The molecule has 3 heteroatoms. The Hall–Kier alpha value is -5.15. The lowest BCUT2D eigenvalue weighted by atomic mass is 9.82. The Bertz CT molecular complexity index is 1970. The van der Waals surface area contributed by atoms with Gasteiger partial charge in [-0.1, -0.05) is 56.2 Å². The molecule has 0 radical (unpaired) electrons. The van der Waals surface area contributed by atoms with Gasteiger partial charge in [0, 0.05) is 41.3 Å². The van der Waals surface area contributed by atoms with Gasteiger partial charge in [-0.15, -0.1) is 0 Å². The lowest BCUT2D eigenvalue weighted by Gasteiger charge is -2.31. The number of aryl methyl sites for hydroxylation is 2. The molecule has 1 aliphatic rings. The van der Waals surface area contributed by atoms with Crippen molar-refractivity contribution >= 4 is 39.2 Å². The standard InChI is InChI=1S/C48H52N3/c1-6-50(41-17-12-14-34(3)32-41)39-26-22-37(23-27-39)48(38-24-28-40(29-25-38)51(7-2)42-18-13-15-35(4)33-42)45-30-31-47(44-20-10-9-19-43(44)45)49-46-21-11-8-16-36(46)5/h9-10,12-15,17-20,22-33,36,46,49H,6-8,11,16,21H2,1-5H3/q+1. The van der Waals surface area contributed by atoms with Crippen molar-refractivity contribution in [3.05, 3.63) is 167 Å². The Morgan fingerprint density at radius 3 is 1.61 bits per heavy atom. The van der Waals surface area contributed by atoms with Gasteiger partial charge >= 0.3 is 0 Å². The predicted octanol–water partition coefficient (Wildman–Crippen LogP) is 12.8. The van der Waals surface area contributed by atoms with Gasteiger partial charge in [-0.3, -0.25) is 0 Å². The average Bonchev–Trinajstić information content (AvgIpc) is 3.15. The van der Waals surface area contributed by atoms with Crippen molar-refractivity contribution in [3.8, 4) is 0 Å². The molecule has 6 aromatic rings. The first-order valence-corrected chi connectivity index (χ1v) is 19.0. The maximum atomic E-state index is 3.99. The zero-order chi connectivity index (χ0) is 35.3. The van der Waals surface area contributed by atoms with Crippen molar-refractivity contribution < 1.29 is 0 Å². The number of fused-ring (bicyclic) bond motifs is 1. The number of benzene rings is 6. The van der Waals surface area contributed by atoms with Crippen LogP contribution in [0, 0.1) is 25.7 Å². The number of nitrogens with zero attached hydrogens (tertiary/aromatic N) is 2. The average molecular weight is 671 g/mol. The van der Waals surface area contributed by atoms with Crippen molar-refractivity contribution in [1.82, 2.24) is 0 Å². The monoisotopic (exact) mass is 670 g/mol. The third-order valence-corrected chi connectivity index (χ3v) is 10.8. The smallest absolute Gasteiger partial charge is 0.0638 e. The van der Waals surface area contributed by atoms with Crippen molar-refractivity contribution in [1.29, 1.82) is 0 Å². The van der Waals surface area contributed by atoms with Crippen LogP contribution in [0.5, 0.6) is 0 Å². The second-order valence-corrected chi connectivity index (χ2v) is 14.4. The van der Waals surface area contributed by atoms with Crippen LogP contribution >= 0.6 is 0 Å². The molecule has 1 saturated carbocycles. The van der Waals surface area contributed by atoms with E-state index in [2.05, 4.69) is 183 Å². The van der Waals surface area contributed by atoms with Gasteiger partial charge in [0.1, 0.15) is 0 Å². The van der Waals surface area contributed by atoms with Gasteiger partial charge in [-0.25, -0.2) is 0 Å². The first kappa shape index (κ1) is 34.3. The molecule has 6 aromatic carbocycles. The summed E-state index contributed by atoms with van der Waals surface area (Å²) in [4.78, 5) is 4.77. The van der Waals surface area contributed by atoms with E-state index in [-0.39, 0.29) is 0 Å². The fraction of sp³-hybridized carbons (Fsp3) is 0.271. The topological polar surface area (TPSA) is 18.5 Å². The van der Waals surface area contributed by atoms with Crippen LogP contribution in [0.15, 0.2) is 133 Å².